The first-order valence-corrected chi connectivity index (χ1v) is 7.53. The molecule has 0 aliphatic heterocycles. The predicted octanol–water partition coefficient (Wildman–Crippen LogP) is 3.43. The van der Waals surface area contributed by atoms with Gasteiger partial charge in [0.1, 0.15) is 12.4 Å². The summed E-state index contributed by atoms with van der Waals surface area (Å²) in [7, 11) is 0. The third-order valence-electron chi connectivity index (χ3n) is 3.02. The fraction of sp³-hybridized carbons (Fsp3) is 0.588. The summed E-state index contributed by atoms with van der Waals surface area (Å²) in [6.07, 6.45) is 1.58. The zero-order valence-corrected chi connectivity index (χ0v) is 13.6. The van der Waals surface area contributed by atoms with Gasteiger partial charge in [0.2, 0.25) is 5.91 Å². The highest BCUT2D eigenvalue weighted by molar-refractivity contribution is 5.90. The number of carbonyl (C=O) groups is 1. The highest BCUT2D eigenvalue weighted by Crippen LogP contribution is 2.26. The SMILES string of the molecule is CC(CC(=O)Nc1ccc(OCCN)cc1)CC(C)(C)C. The molecular formula is C17H28N2O2. The van der Waals surface area contributed by atoms with Crippen molar-refractivity contribution in [1.29, 1.82) is 0 Å². The lowest BCUT2D eigenvalue weighted by Gasteiger charge is -2.22. The summed E-state index contributed by atoms with van der Waals surface area (Å²) in [6, 6.07) is 7.37. The molecule has 1 aromatic rings. The molecule has 0 spiro atoms. The van der Waals surface area contributed by atoms with E-state index in [-0.39, 0.29) is 11.3 Å². The van der Waals surface area contributed by atoms with Gasteiger partial charge in [-0.25, -0.2) is 0 Å². The van der Waals surface area contributed by atoms with Crippen molar-refractivity contribution in [3.05, 3.63) is 24.3 Å². The molecule has 0 radical (unpaired) electrons. The molecular weight excluding hydrogens is 264 g/mol. The number of hydrogen-bond acceptors (Lipinski definition) is 3. The van der Waals surface area contributed by atoms with Gasteiger partial charge in [0, 0.05) is 18.7 Å². The molecule has 1 aromatic carbocycles. The van der Waals surface area contributed by atoms with Gasteiger partial charge in [0.15, 0.2) is 0 Å². The minimum absolute atomic E-state index is 0.0578. The molecule has 0 aromatic heterocycles. The first-order valence-electron chi connectivity index (χ1n) is 7.53. The first-order chi connectivity index (χ1) is 9.80. The van der Waals surface area contributed by atoms with Gasteiger partial charge < -0.3 is 15.8 Å². The molecule has 3 N–H and O–H groups in total. The summed E-state index contributed by atoms with van der Waals surface area (Å²) in [5.41, 5.74) is 6.43. The highest BCUT2D eigenvalue weighted by Gasteiger charge is 2.17. The first kappa shape index (κ1) is 17.5. The van der Waals surface area contributed by atoms with E-state index in [1.54, 1.807) is 0 Å². The number of nitrogens with one attached hydrogen (secondary N) is 1. The molecule has 1 unspecified atom stereocenters. The number of benzene rings is 1. The van der Waals surface area contributed by atoms with Crippen molar-refractivity contribution in [2.24, 2.45) is 17.1 Å². The Morgan fingerprint density at radius 1 is 1.29 bits per heavy atom. The number of carbonyl (C=O) groups excluding carboxylic acids is 1. The summed E-state index contributed by atoms with van der Waals surface area (Å²) in [5, 5.41) is 2.92. The van der Waals surface area contributed by atoms with Crippen LogP contribution >= 0.6 is 0 Å². The molecule has 118 valence electrons. The zero-order chi connectivity index (χ0) is 15.9. The fourth-order valence-electron chi connectivity index (χ4n) is 2.46. The quantitative estimate of drug-likeness (QED) is 0.809. The molecule has 4 heteroatoms. The minimum atomic E-state index is 0.0578. The van der Waals surface area contributed by atoms with Crippen molar-refractivity contribution in [1.82, 2.24) is 0 Å². The van der Waals surface area contributed by atoms with E-state index < -0.39 is 0 Å². The molecule has 21 heavy (non-hydrogen) atoms. The number of amides is 1. The average molecular weight is 292 g/mol. The lowest BCUT2D eigenvalue weighted by molar-refractivity contribution is -0.117. The molecule has 0 saturated carbocycles. The standard InChI is InChI=1S/C17H28N2O2/c1-13(12-17(2,3)4)11-16(20)19-14-5-7-15(8-6-14)21-10-9-18/h5-8,13H,9-12,18H2,1-4H3,(H,19,20). The molecule has 1 amide bonds. The molecule has 0 saturated heterocycles. The normalized spacial score (nSPS) is 12.8. The van der Waals surface area contributed by atoms with E-state index in [2.05, 4.69) is 33.0 Å². The topological polar surface area (TPSA) is 64.3 Å². The largest absolute Gasteiger partial charge is 0.492 e. The molecule has 0 heterocycles. The number of nitrogens with two attached hydrogens (primary N) is 1. The van der Waals surface area contributed by atoms with Gasteiger partial charge >= 0.3 is 0 Å². The predicted molar refractivity (Wildman–Crippen MR) is 87.5 cm³/mol. The van der Waals surface area contributed by atoms with Crippen LogP contribution in [0.15, 0.2) is 24.3 Å². The van der Waals surface area contributed by atoms with Crippen LogP contribution in [-0.4, -0.2) is 19.1 Å². The molecule has 4 nitrogen and oxygen atoms in total. The summed E-state index contributed by atoms with van der Waals surface area (Å²) in [4.78, 5) is 12.0. The van der Waals surface area contributed by atoms with Gasteiger partial charge in [-0.3, -0.25) is 4.79 Å². The van der Waals surface area contributed by atoms with Crippen LogP contribution in [-0.2, 0) is 4.79 Å². The molecule has 1 rings (SSSR count). The van der Waals surface area contributed by atoms with Crippen molar-refractivity contribution in [2.45, 2.75) is 40.5 Å². The summed E-state index contributed by atoms with van der Waals surface area (Å²) >= 11 is 0. The third-order valence-corrected chi connectivity index (χ3v) is 3.02. The van der Waals surface area contributed by atoms with E-state index in [1.807, 2.05) is 24.3 Å². The van der Waals surface area contributed by atoms with Crippen LogP contribution in [0.3, 0.4) is 0 Å². The maximum absolute atomic E-state index is 12.0. The summed E-state index contributed by atoms with van der Waals surface area (Å²) in [5.74, 6) is 1.19. The van der Waals surface area contributed by atoms with Gasteiger partial charge in [-0.1, -0.05) is 27.7 Å². The Kier molecular flexibility index (Phi) is 6.69. The van der Waals surface area contributed by atoms with E-state index in [9.17, 15) is 4.79 Å². The minimum Gasteiger partial charge on any atom is -0.492 e. The van der Waals surface area contributed by atoms with Crippen molar-refractivity contribution >= 4 is 11.6 Å². The summed E-state index contributed by atoms with van der Waals surface area (Å²) < 4.78 is 5.40. The highest BCUT2D eigenvalue weighted by atomic mass is 16.5. The second kappa shape index (κ2) is 8.03. The monoisotopic (exact) mass is 292 g/mol. The van der Waals surface area contributed by atoms with Crippen molar-refractivity contribution < 1.29 is 9.53 Å². The van der Waals surface area contributed by atoms with E-state index in [0.29, 0.717) is 25.5 Å². The summed E-state index contributed by atoms with van der Waals surface area (Å²) in [6.45, 7) is 9.69. The van der Waals surface area contributed by atoms with Gasteiger partial charge in [-0.05, 0) is 42.0 Å². The molecule has 0 aliphatic rings. The Morgan fingerprint density at radius 3 is 2.43 bits per heavy atom. The van der Waals surface area contributed by atoms with E-state index in [4.69, 9.17) is 10.5 Å². The van der Waals surface area contributed by atoms with Crippen LogP contribution in [0.2, 0.25) is 0 Å². The Labute approximate surface area is 128 Å². The maximum atomic E-state index is 12.0. The number of anilines is 1. The molecule has 0 bridgehead atoms. The van der Waals surface area contributed by atoms with E-state index in [0.717, 1.165) is 17.9 Å². The number of hydrogen-bond donors (Lipinski definition) is 2. The van der Waals surface area contributed by atoms with E-state index in [1.165, 1.54) is 0 Å². The molecule has 0 aliphatic carbocycles. The second-order valence-electron chi connectivity index (χ2n) is 6.78. The Hall–Kier alpha value is -1.55. The van der Waals surface area contributed by atoms with Gasteiger partial charge in [-0.15, -0.1) is 0 Å². The van der Waals surface area contributed by atoms with Crippen LogP contribution < -0.4 is 15.8 Å². The lowest BCUT2D eigenvalue weighted by atomic mass is 9.84. The lowest BCUT2D eigenvalue weighted by Crippen LogP contribution is -2.18. The van der Waals surface area contributed by atoms with Crippen LogP contribution in [0, 0.1) is 11.3 Å². The van der Waals surface area contributed by atoms with Gasteiger partial charge in [0.25, 0.3) is 0 Å². The Morgan fingerprint density at radius 2 is 1.90 bits per heavy atom. The van der Waals surface area contributed by atoms with Gasteiger partial charge in [-0.2, -0.15) is 0 Å². The molecule has 1 atom stereocenters. The zero-order valence-electron chi connectivity index (χ0n) is 13.6. The van der Waals surface area contributed by atoms with Crippen LogP contribution in [0.25, 0.3) is 0 Å². The average Bonchev–Trinajstić information content (AvgIpc) is 2.35. The number of rotatable bonds is 7. The van der Waals surface area contributed by atoms with E-state index >= 15 is 0 Å². The third kappa shape index (κ3) is 7.71. The molecule has 0 fully saturated rings. The number of ether oxygens (including phenoxy) is 1. The fourth-order valence-corrected chi connectivity index (χ4v) is 2.46. The van der Waals surface area contributed by atoms with Crippen LogP contribution in [0.5, 0.6) is 5.75 Å². The smallest absolute Gasteiger partial charge is 0.224 e. The Bertz CT molecular complexity index is 435. The van der Waals surface area contributed by atoms with Crippen LogP contribution in [0.1, 0.15) is 40.5 Å². The van der Waals surface area contributed by atoms with Crippen LogP contribution in [0.4, 0.5) is 5.69 Å². The Balaban J connectivity index is 2.44. The van der Waals surface area contributed by atoms with Crippen molar-refractivity contribution in [2.75, 3.05) is 18.5 Å². The second-order valence-corrected chi connectivity index (χ2v) is 6.78. The van der Waals surface area contributed by atoms with Crippen molar-refractivity contribution in [3.63, 3.8) is 0 Å². The maximum Gasteiger partial charge on any atom is 0.224 e. The van der Waals surface area contributed by atoms with Gasteiger partial charge in [0.05, 0.1) is 0 Å². The van der Waals surface area contributed by atoms with Crippen molar-refractivity contribution in [3.8, 4) is 5.75 Å².